The minimum absolute atomic E-state index is 0.144. The quantitative estimate of drug-likeness (QED) is 0.794. The van der Waals surface area contributed by atoms with Gasteiger partial charge in [-0.25, -0.2) is 8.78 Å². The summed E-state index contributed by atoms with van der Waals surface area (Å²) in [4.78, 5) is 3.97. The lowest BCUT2D eigenvalue weighted by Crippen LogP contribution is -1.92. The van der Waals surface area contributed by atoms with Crippen LogP contribution < -0.4 is 0 Å². The van der Waals surface area contributed by atoms with Crippen LogP contribution in [0, 0.1) is 23.0 Å². The van der Waals surface area contributed by atoms with Crippen LogP contribution in [0.3, 0.4) is 0 Å². The molecule has 0 fully saturated rings. The summed E-state index contributed by atoms with van der Waals surface area (Å²) in [5.74, 6) is -1.78. The average Bonchev–Trinajstić information content (AvgIpc) is 2.33. The molecule has 84 valence electrons. The predicted molar refractivity (Wildman–Crippen MR) is 58.9 cm³/mol. The standard InChI is InChI=1S/C13H8F2N2/c14-12-3-1-2-11(13(12)15)9-5-7-17-10(8-9)4-6-16/h1-3,5,7-8H,4H2. The molecule has 0 spiro atoms. The number of nitriles is 1. The molecule has 0 aliphatic rings. The van der Waals surface area contributed by atoms with Crippen LogP contribution in [0.2, 0.25) is 0 Å². The summed E-state index contributed by atoms with van der Waals surface area (Å²) in [5, 5.41) is 8.56. The second-order valence-electron chi connectivity index (χ2n) is 3.47. The van der Waals surface area contributed by atoms with Crippen molar-refractivity contribution in [2.75, 3.05) is 0 Å². The van der Waals surface area contributed by atoms with E-state index in [1.54, 1.807) is 12.1 Å². The molecule has 4 heteroatoms. The van der Waals surface area contributed by atoms with Crippen LogP contribution in [-0.2, 0) is 6.42 Å². The Labute approximate surface area is 97.2 Å². The van der Waals surface area contributed by atoms with E-state index in [0.717, 1.165) is 6.07 Å². The van der Waals surface area contributed by atoms with Crippen LogP contribution in [0.15, 0.2) is 36.5 Å². The Balaban J connectivity index is 2.50. The SMILES string of the molecule is N#CCc1cc(-c2cccc(F)c2F)ccn1. The van der Waals surface area contributed by atoms with Gasteiger partial charge in [0.1, 0.15) is 0 Å². The van der Waals surface area contributed by atoms with E-state index < -0.39 is 11.6 Å². The third-order valence-corrected chi connectivity index (χ3v) is 2.34. The van der Waals surface area contributed by atoms with E-state index in [-0.39, 0.29) is 12.0 Å². The van der Waals surface area contributed by atoms with Gasteiger partial charge in [-0.2, -0.15) is 5.26 Å². The van der Waals surface area contributed by atoms with Crippen molar-refractivity contribution >= 4 is 0 Å². The van der Waals surface area contributed by atoms with Gasteiger partial charge in [0.05, 0.1) is 18.2 Å². The maximum atomic E-state index is 13.5. The fraction of sp³-hybridized carbons (Fsp3) is 0.0769. The van der Waals surface area contributed by atoms with Gasteiger partial charge in [-0.1, -0.05) is 12.1 Å². The van der Waals surface area contributed by atoms with E-state index in [0.29, 0.717) is 11.3 Å². The van der Waals surface area contributed by atoms with Crippen LogP contribution in [0.1, 0.15) is 5.69 Å². The Morgan fingerprint density at radius 1 is 1.24 bits per heavy atom. The highest BCUT2D eigenvalue weighted by molar-refractivity contribution is 5.64. The van der Waals surface area contributed by atoms with Crippen LogP contribution in [0.4, 0.5) is 8.78 Å². The number of hydrogen-bond donors (Lipinski definition) is 0. The molecule has 0 saturated heterocycles. The van der Waals surface area contributed by atoms with Crippen LogP contribution in [0.5, 0.6) is 0 Å². The minimum Gasteiger partial charge on any atom is -0.260 e. The van der Waals surface area contributed by atoms with Crippen molar-refractivity contribution in [1.82, 2.24) is 4.98 Å². The van der Waals surface area contributed by atoms with Crippen molar-refractivity contribution in [3.63, 3.8) is 0 Å². The van der Waals surface area contributed by atoms with Crippen molar-refractivity contribution in [2.24, 2.45) is 0 Å². The fourth-order valence-corrected chi connectivity index (χ4v) is 1.55. The zero-order valence-corrected chi connectivity index (χ0v) is 8.82. The van der Waals surface area contributed by atoms with Crippen molar-refractivity contribution in [2.45, 2.75) is 6.42 Å². The summed E-state index contributed by atoms with van der Waals surface area (Å²) in [6.07, 6.45) is 1.62. The van der Waals surface area contributed by atoms with Gasteiger partial charge in [0.2, 0.25) is 0 Å². The Hall–Kier alpha value is -2.28. The molecular weight excluding hydrogens is 222 g/mol. The second kappa shape index (κ2) is 4.71. The van der Waals surface area contributed by atoms with Gasteiger partial charge in [-0.15, -0.1) is 0 Å². The Kier molecular flexibility index (Phi) is 3.10. The first-order chi connectivity index (χ1) is 8.22. The number of halogens is 2. The maximum Gasteiger partial charge on any atom is 0.166 e. The lowest BCUT2D eigenvalue weighted by atomic mass is 10.0. The number of rotatable bonds is 2. The third-order valence-electron chi connectivity index (χ3n) is 2.34. The molecule has 0 N–H and O–H groups in total. The van der Waals surface area contributed by atoms with Crippen molar-refractivity contribution < 1.29 is 8.78 Å². The van der Waals surface area contributed by atoms with Gasteiger partial charge < -0.3 is 0 Å². The summed E-state index contributed by atoms with van der Waals surface area (Å²) >= 11 is 0. The first kappa shape index (κ1) is 11.2. The molecule has 0 bridgehead atoms. The summed E-state index contributed by atoms with van der Waals surface area (Å²) in [6, 6.07) is 9.12. The minimum atomic E-state index is -0.888. The van der Waals surface area contributed by atoms with E-state index in [4.69, 9.17) is 5.26 Å². The Bertz CT molecular complexity index is 588. The maximum absolute atomic E-state index is 13.5. The van der Waals surface area contributed by atoms with Crippen LogP contribution in [0.25, 0.3) is 11.1 Å². The first-order valence-corrected chi connectivity index (χ1v) is 4.98. The molecule has 1 heterocycles. The molecule has 17 heavy (non-hydrogen) atoms. The highest BCUT2D eigenvalue weighted by atomic mass is 19.2. The average molecular weight is 230 g/mol. The molecule has 0 atom stereocenters. The molecule has 0 unspecified atom stereocenters. The summed E-state index contributed by atoms with van der Waals surface area (Å²) < 4.78 is 26.6. The monoisotopic (exact) mass is 230 g/mol. The molecule has 0 aliphatic heterocycles. The molecule has 0 saturated carbocycles. The van der Waals surface area contributed by atoms with Crippen molar-refractivity contribution in [1.29, 1.82) is 5.26 Å². The van der Waals surface area contributed by atoms with Gasteiger partial charge in [-0.3, -0.25) is 4.98 Å². The number of pyridine rings is 1. The molecule has 2 rings (SSSR count). The Morgan fingerprint density at radius 2 is 2.06 bits per heavy atom. The Morgan fingerprint density at radius 3 is 2.82 bits per heavy atom. The highest BCUT2D eigenvalue weighted by Crippen LogP contribution is 2.24. The topological polar surface area (TPSA) is 36.7 Å². The molecule has 2 aromatic rings. The van der Waals surface area contributed by atoms with Crippen LogP contribution >= 0.6 is 0 Å². The molecule has 0 radical (unpaired) electrons. The molecular formula is C13H8F2N2. The zero-order chi connectivity index (χ0) is 12.3. The van der Waals surface area contributed by atoms with Gasteiger partial charge in [0.15, 0.2) is 11.6 Å². The molecule has 1 aromatic carbocycles. The largest absolute Gasteiger partial charge is 0.260 e. The van der Waals surface area contributed by atoms with Gasteiger partial charge in [0.25, 0.3) is 0 Å². The van der Waals surface area contributed by atoms with E-state index in [1.165, 1.54) is 18.3 Å². The predicted octanol–water partition coefficient (Wildman–Crippen LogP) is 3.09. The third kappa shape index (κ3) is 2.28. The molecule has 0 amide bonds. The smallest absolute Gasteiger partial charge is 0.166 e. The summed E-state index contributed by atoms with van der Waals surface area (Å²) in [5.41, 5.74) is 1.22. The molecule has 2 nitrogen and oxygen atoms in total. The highest BCUT2D eigenvalue weighted by Gasteiger charge is 2.09. The normalized spacial score (nSPS) is 9.94. The van der Waals surface area contributed by atoms with Gasteiger partial charge in [0, 0.05) is 11.8 Å². The lowest BCUT2D eigenvalue weighted by molar-refractivity contribution is 0.511. The fourth-order valence-electron chi connectivity index (χ4n) is 1.55. The van der Waals surface area contributed by atoms with E-state index in [2.05, 4.69) is 4.98 Å². The van der Waals surface area contributed by atoms with E-state index >= 15 is 0 Å². The molecule has 1 aromatic heterocycles. The number of nitrogens with zero attached hydrogens (tertiary/aromatic N) is 2. The van der Waals surface area contributed by atoms with Crippen molar-refractivity contribution in [3.05, 3.63) is 53.9 Å². The number of hydrogen-bond acceptors (Lipinski definition) is 2. The molecule has 0 aliphatic carbocycles. The zero-order valence-electron chi connectivity index (χ0n) is 8.82. The van der Waals surface area contributed by atoms with Gasteiger partial charge in [-0.05, 0) is 23.8 Å². The second-order valence-corrected chi connectivity index (χ2v) is 3.47. The van der Waals surface area contributed by atoms with E-state index in [9.17, 15) is 8.78 Å². The van der Waals surface area contributed by atoms with Crippen LogP contribution in [-0.4, -0.2) is 4.98 Å². The van der Waals surface area contributed by atoms with Gasteiger partial charge >= 0.3 is 0 Å². The summed E-state index contributed by atoms with van der Waals surface area (Å²) in [7, 11) is 0. The van der Waals surface area contributed by atoms with Crippen molar-refractivity contribution in [3.8, 4) is 17.2 Å². The number of aromatic nitrogens is 1. The lowest BCUT2D eigenvalue weighted by Gasteiger charge is -2.04. The summed E-state index contributed by atoms with van der Waals surface area (Å²) in [6.45, 7) is 0. The number of benzene rings is 1. The first-order valence-electron chi connectivity index (χ1n) is 4.98. The van der Waals surface area contributed by atoms with E-state index in [1.807, 2.05) is 6.07 Å².